The smallest absolute Gasteiger partial charge is 0.186 e. The molecule has 4 heteroatoms. The number of benzene rings is 1. The molecule has 23 heavy (non-hydrogen) atoms. The number of rotatable bonds is 13. The van der Waals surface area contributed by atoms with Crippen molar-refractivity contribution in [2.24, 2.45) is 0 Å². The molecule has 1 N–H and O–H groups in total. The first kappa shape index (κ1) is 23.3. The Morgan fingerprint density at radius 1 is 0.826 bits per heavy atom. The minimum atomic E-state index is -1.86. The molecule has 0 aromatic heterocycles. The van der Waals surface area contributed by atoms with Crippen molar-refractivity contribution >= 4 is 40.6 Å². The Kier molecular flexibility index (Phi) is 16.1. The molecule has 0 heterocycles. The third kappa shape index (κ3) is 11.5. The summed E-state index contributed by atoms with van der Waals surface area (Å²) in [5.41, 5.74) is 1.03. The number of hydrogen-bond acceptors (Lipinski definition) is 1. The average Bonchev–Trinajstić information content (AvgIpc) is 2.53. The summed E-state index contributed by atoms with van der Waals surface area (Å²) in [5.74, 6) is 0. The van der Waals surface area contributed by atoms with Gasteiger partial charge in [-0.1, -0.05) is 89.3 Å². The molecule has 0 bridgehead atoms. The van der Waals surface area contributed by atoms with Crippen molar-refractivity contribution in [2.45, 2.75) is 88.9 Å². The van der Waals surface area contributed by atoms with E-state index in [2.05, 4.69) is 6.92 Å². The molecule has 0 saturated carbocycles. The van der Waals surface area contributed by atoms with Gasteiger partial charge in [0.1, 0.15) is 0 Å². The fraction of sp³-hybridized carbons (Fsp3) is 0.684. The maximum atomic E-state index is 11.2. The third-order valence-corrected chi connectivity index (χ3v) is 4.98. The Morgan fingerprint density at radius 2 is 1.30 bits per heavy atom. The van der Waals surface area contributed by atoms with Crippen LogP contribution in [0.2, 0.25) is 0 Å². The van der Waals surface area contributed by atoms with Crippen LogP contribution in [0.25, 0.3) is 0 Å². The molecule has 0 amide bonds. The fourth-order valence-electron chi connectivity index (χ4n) is 2.86. The van der Waals surface area contributed by atoms with Crippen LogP contribution in [0.1, 0.15) is 83.1 Å². The van der Waals surface area contributed by atoms with Gasteiger partial charge in [-0.15, -0.1) is 0 Å². The van der Waals surface area contributed by atoms with Crippen LogP contribution in [-0.4, -0.2) is 38.3 Å². The van der Waals surface area contributed by atoms with E-state index in [0.717, 1.165) is 18.4 Å². The van der Waals surface area contributed by atoms with Crippen LogP contribution in [0.15, 0.2) is 29.2 Å². The van der Waals surface area contributed by atoms with E-state index >= 15 is 0 Å². The van der Waals surface area contributed by atoms with Crippen molar-refractivity contribution in [3.05, 3.63) is 29.8 Å². The summed E-state index contributed by atoms with van der Waals surface area (Å²) in [4.78, 5) is 0.578. The predicted octanol–water partition coefficient (Wildman–Crippen LogP) is 5.74. The summed E-state index contributed by atoms with van der Waals surface area (Å²) in [5, 5.41) is 0. The fourth-order valence-corrected chi connectivity index (χ4v) is 3.45. The van der Waals surface area contributed by atoms with Gasteiger partial charge < -0.3 is 4.55 Å². The van der Waals surface area contributed by atoms with Gasteiger partial charge in [-0.3, -0.25) is 0 Å². The first-order chi connectivity index (χ1) is 10.8. The third-order valence-electron chi connectivity index (χ3n) is 4.21. The summed E-state index contributed by atoms with van der Waals surface area (Å²) in [6.07, 6.45) is 15.6. The van der Waals surface area contributed by atoms with E-state index in [1.54, 1.807) is 6.07 Å². The van der Waals surface area contributed by atoms with Crippen molar-refractivity contribution in [3.63, 3.8) is 0 Å². The Labute approximate surface area is 167 Å². The van der Waals surface area contributed by atoms with E-state index in [1.165, 1.54) is 64.2 Å². The number of hydrogen-bond donors (Lipinski definition) is 1. The average molecular weight is 348 g/mol. The summed E-state index contributed by atoms with van der Waals surface area (Å²) in [7, 11) is 0. The van der Waals surface area contributed by atoms with Gasteiger partial charge in [0.25, 0.3) is 0 Å². The zero-order valence-corrected chi connectivity index (χ0v) is 17.9. The van der Waals surface area contributed by atoms with E-state index in [0.29, 0.717) is 4.90 Å². The Hall–Kier alpha value is 0.330. The van der Waals surface area contributed by atoms with Gasteiger partial charge in [-0.2, -0.15) is 0 Å². The monoisotopic (exact) mass is 347 g/mol. The van der Waals surface area contributed by atoms with Gasteiger partial charge in [-0.05, 0) is 24.5 Å². The second-order valence-corrected chi connectivity index (χ2v) is 7.08. The Bertz CT molecular complexity index is 424. The molecule has 0 aliphatic rings. The predicted molar refractivity (Wildman–Crippen MR) is 101 cm³/mol. The first-order valence-electron chi connectivity index (χ1n) is 8.94. The van der Waals surface area contributed by atoms with Gasteiger partial charge in [-0.25, -0.2) is 4.21 Å². The Balaban J connectivity index is 0.00000484. The molecule has 1 aromatic rings. The van der Waals surface area contributed by atoms with E-state index in [4.69, 9.17) is 0 Å². The van der Waals surface area contributed by atoms with Crippen LogP contribution >= 0.6 is 0 Å². The summed E-state index contributed by atoms with van der Waals surface area (Å²) in [6, 6.07) is 7.50. The summed E-state index contributed by atoms with van der Waals surface area (Å²) < 4.78 is 20.5. The van der Waals surface area contributed by atoms with Gasteiger partial charge in [0, 0.05) is 29.6 Å². The normalized spacial score (nSPS) is 11.9. The molecular formula is C19H32NaO2S. The minimum Gasteiger partial charge on any atom is -0.302 e. The van der Waals surface area contributed by atoms with Crippen LogP contribution in [0.5, 0.6) is 0 Å². The molecule has 1 aromatic carbocycles. The molecule has 0 aliphatic carbocycles. The topological polar surface area (TPSA) is 37.3 Å². The Morgan fingerprint density at radius 3 is 1.83 bits per heavy atom. The zero-order chi connectivity index (χ0) is 16.0. The molecule has 127 valence electrons. The van der Waals surface area contributed by atoms with E-state index < -0.39 is 11.1 Å². The van der Waals surface area contributed by atoms with E-state index in [9.17, 15) is 8.76 Å². The maximum absolute atomic E-state index is 11.2. The maximum Gasteiger partial charge on any atom is 0.186 e. The SMILES string of the molecule is CCCCCCCCCCCCCc1ccccc1S(=O)O.[Na]. The van der Waals surface area contributed by atoms with Crippen molar-refractivity contribution in [2.75, 3.05) is 0 Å². The molecule has 0 spiro atoms. The van der Waals surface area contributed by atoms with Crippen LogP contribution in [0, 0.1) is 0 Å². The molecule has 1 radical (unpaired) electrons. The van der Waals surface area contributed by atoms with Gasteiger partial charge in [0.15, 0.2) is 11.1 Å². The summed E-state index contributed by atoms with van der Waals surface area (Å²) >= 11 is -1.86. The molecule has 1 rings (SSSR count). The number of aryl methyl sites for hydroxylation is 1. The molecule has 0 saturated heterocycles. The molecule has 0 aliphatic heterocycles. The largest absolute Gasteiger partial charge is 0.302 e. The molecular weight excluding hydrogens is 315 g/mol. The summed E-state index contributed by atoms with van der Waals surface area (Å²) in [6.45, 7) is 2.26. The van der Waals surface area contributed by atoms with Gasteiger partial charge in [0.05, 0.1) is 4.90 Å². The molecule has 1 atom stereocenters. The zero-order valence-electron chi connectivity index (χ0n) is 15.1. The molecule has 0 fully saturated rings. The molecule has 2 nitrogen and oxygen atoms in total. The van der Waals surface area contributed by atoms with Crippen molar-refractivity contribution < 1.29 is 8.76 Å². The van der Waals surface area contributed by atoms with Crippen LogP contribution in [0.4, 0.5) is 0 Å². The van der Waals surface area contributed by atoms with Gasteiger partial charge >= 0.3 is 0 Å². The number of unbranched alkanes of at least 4 members (excludes halogenated alkanes) is 10. The van der Waals surface area contributed by atoms with Crippen LogP contribution < -0.4 is 0 Å². The molecule has 1 unspecified atom stereocenters. The second-order valence-electron chi connectivity index (χ2n) is 6.14. The quantitative estimate of drug-likeness (QED) is 0.281. The van der Waals surface area contributed by atoms with Crippen molar-refractivity contribution in [1.82, 2.24) is 0 Å². The van der Waals surface area contributed by atoms with E-state index in [-0.39, 0.29) is 29.6 Å². The van der Waals surface area contributed by atoms with Crippen molar-refractivity contribution in [1.29, 1.82) is 0 Å². The minimum absolute atomic E-state index is 0. The van der Waals surface area contributed by atoms with Gasteiger partial charge in [0.2, 0.25) is 0 Å². The first-order valence-corrected chi connectivity index (χ1v) is 10.0. The van der Waals surface area contributed by atoms with Crippen LogP contribution in [0.3, 0.4) is 0 Å². The second kappa shape index (κ2) is 15.8. The van der Waals surface area contributed by atoms with Crippen molar-refractivity contribution in [3.8, 4) is 0 Å². The standard InChI is InChI=1S/C19H32O2S.Na/c1-2-3-4-5-6-7-8-9-10-11-12-15-18-16-13-14-17-19(18)22(20)21;/h13-14,16-17H,2-12,15H2,1H3,(H,20,21);. The van der Waals surface area contributed by atoms with E-state index in [1.807, 2.05) is 18.2 Å². The van der Waals surface area contributed by atoms with Crippen LogP contribution in [-0.2, 0) is 17.5 Å².